The van der Waals surface area contributed by atoms with E-state index in [4.69, 9.17) is 0 Å². The summed E-state index contributed by atoms with van der Waals surface area (Å²) >= 11 is 1.75. The Labute approximate surface area is 55.5 Å². The molecule has 1 nitrogen and oxygen atoms in total. The van der Waals surface area contributed by atoms with Crippen molar-refractivity contribution >= 4 is 11.8 Å². The Bertz CT molecular complexity index is 62.9. The molecule has 0 aliphatic heterocycles. The van der Waals surface area contributed by atoms with Crippen LogP contribution in [0.1, 0.15) is 13.8 Å². The highest BCUT2D eigenvalue weighted by molar-refractivity contribution is 8.02. The molecule has 0 aromatic carbocycles. The summed E-state index contributed by atoms with van der Waals surface area (Å²) in [7, 11) is 0. The zero-order chi connectivity index (χ0) is 6.41. The van der Waals surface area contributed by atoms with Crippen LogP contribution in [0.25, 0.3) is 0 Å². The van der Waals surface area contributed by atoms with Crippen LogP contribution in [0, 0.1) is 0 Å². The molecule has 0 unspecified atom stereocenters. The van der Waals surface area contributed by atoms with Gasteiger partial charge in [-0.15, -0.1) is 11.8 Å². The van der Waals surface area contributed by atoms with Crippen LogP contribution in [0.5, 0.6) is 0 Å². The summed E-state index contributed by atoms with van der Waals surface area (Å²) in [6.45, 7) is 8.95. The molecule has 0 amide bonds. The molecule has 0 heterocycles. The van der Waals surface area contributed by atoms with E-state index in [0.29, 0.717) is 0 Å². The minimum atomic E-state index is 0.978. The van der Waals surface area contributed by atoms with Crippen molar-refractivity contribution in [2.45, 2.75) is 13.8 Å². The Morgan fingerprint density at radius 2 is 2.25 bits per heavy atom. The second-order valence-electron chi connectivity index (χ2n) is 1.39. The van der Waals surface area contributed by atoms with E-state index in [1.807, 2.05) is 0 Å². The molecule has 0 atom stereocenters. The highest BCUT2D eigenvalue weighted by atomic mass is 32.2. The SMILES string of the molecule is C=C(NCC)SCC. The number of hydrogen-bond donors (Lipinski definition) is 1. The highest BCUT2D eigenvalue weighted by Gasteiger charge is 1.85. The minimum Gasteiger partial charge on any atom is -0.381 e. The summed E-state index contributed by atoms with van der Waals surface area (Å²) in [4.78, 5) is 0. The number of thioether (sulfide) groups is 1. The van der Waals surface area contributed by atoms with Crippen molar-refractivity contribution in [1.82, 2.24) is 5.32 Å². The largest absolute Gasteiger partial charge is 0.381 e. The third-order valence-electron chi connectivity index (χ3n) is 0.693. The van der Waals surface area contributed by atoms with Crippen LogP contribution in [0.15, 0.2) is 11.6 Å². The lowest BCUT2D eigenvalue weighted by molar-refractivity contribution is 0.908. The fourth-order valence-corrected chi connectivity index (χ4v) is 1.02. The number of rotatable bonds is 4. The predicted octanol–water partition coefficient (Wildman–Crippen LogP) is 1.82. The van der Waals surface area contributed by atoms with Crippen LogP contribution in [0.3, 0.4) is 0 Å². The average molecular weight is 131 g/mol. The summed E-state index contributed by atoms with van der Waals surface area (Å²) in [6.07, 6.45) is 0. The molecule has 0 radical (unpaired) electrons. The van der Waals surface area contributed by atoms with Gasteiger partial charge >= 0.3 is 0 Å². The van der Waals surface area contributed by atoms with Gasteiger partial charge in [-0.1, -0.05) is 13.5 Å². The molecule has 0 aromatic heterocycles. The van der Waals surface area contributed by atoms with Gasteiger partial charge in [0.25, 0.3) is 0 Å². The molecule has 0 saturated heterocycles. The third kappa shape index (κ3) is 4.06. The molecule has 0 saturated carbocycles. The lowest BCUT2D eigenvalue weighted by Crippen LogP contribution is -2.07. The first-order valence-corrected chi connectivity index (χ1v) is 3.85. The molecule has 0 rings (SSSR count). The summed E-state index contributed by atoms with van der Waals surface area (Å²) in [5.74, 6) is 1.10. The van der Waals surface area contributed by atoms with Gasteiger partial charge in [0, 0.05) is 6.54 Å². The van der Waals surface area contributed by atoms with Crippen LogP contribution in [0.2, 0.25) is 0 Å². The van der Waals surface area contributed by atoms with E-state index in [1.54, 1.807) is 11.8 Å². The first-order valence-electron chi connectivity index (χ1n) is 2.86. The summed E-state index contributed by atoms with van der Waals surface area (Å²) in [5.41, 5.74) is 0. The molecule has 2 heteroatoms. The molecule has 0 aromatic rings. The predicted molar refractivity (Wildman–Crippen MR) is 40.9 cm³/mol. The molecule has 8 heavy (non-hydrogen) atoms. The van der Waals surface area contributed by atoms with Crippen LogP contribution >= 0.6 is 11.8 Å². The van der Waals surface area contributed by atoms with Crippen LogP contribution < -0.4 is 5.32 Å². The van der Waals surface area contributed by atoms with Crippen molar-refractivity contribution < 1.29 is 0 Å². The molecule has 0 fully saturated rings. The van der Waals surface area contributed by atoms with Gasteiger partial charge in [0.05, 0.1) is 5.03 Å². The summed E-state index contributed by atoms with van der Waals surface area (Å²) < 4.78 is 0. The summed E-state index contributed by atoms with van der Waals surface area (Å²) in [5, 5.41) is 4.19. The number of hydrogen-bond acceptors (Lipinski definition) is 2. The third-order valence-corrected chi connectivity index (χ3v) is 1.47. The quantitative estimate of drug-likeness (QED) is 0.624. The van der Waals surface area contributed by atoms with Gasteiger partial charge in [-0.05, 0) is 12.7 Å². The average Bonchev–Trinajstić information content (AvgIpc) is 1.68. The minimum absolute atomic E-state index is 0.978. The van der Waals surface area contributed by atoms with Gasteiger partial charge in [-0.3, -0.25) is 0 Å². The highest BCUT2D eigenvalue weighted by Crippen LogP contribution is 2.06. The van der Waals surface area contributed by atoms with E-state index in [1.165, 1.54) is 0 Å². The lowest BCUT2D eigenvalue weighted by Gasteiger charge is -2.02. The Kier molecular flexibility index (Phi) is 4.97. The van der Waals surface area contributed by atoms with Crippen molar-refractivity contribution in [3.63, 3.8) is 0 Å². The second kappa shape index (κ2) is 5.04. The topological polar surface area (TPSA) is 12.0 Å². The van der Waals surface area contributed by atoms with Gasteiger partial charge in [-0.25, -0.2) is 0 Å². The Hall–Kier alpha value is -0.110. The van der Waals surface area contributed by atoms with E-state index in [0.717, 1.165) is 17.3 Å². The lowest BCUT2D eigenvalue weighted by atomic mass is 10.7. The maximum absolute atomic E-state index is 3.79. The molecule has 0 aliphatic rings. The molecular weight excluding hydrogens is 118 g/mol. The van der Waals surface area contributed by atoms with Crippen molar-refractivity contribution in [1.29, 1.82) is 0 Å². The van der Waals surface area contributed by atoms with Gasteiger partial charge in [0.2, 0.25) is 0 Å². The molecule has 0 aliphatic carbocycles. The zero-order valence-electron chi connectivity index (χ0n) is 5.53. The van der Waals surface area contributed by atoms with Gasteiger partial charge in [0.15, 0.2) is 0 Å². The van der Waals surface area contributed by atoms with Crippen LogP contribution in [-0.2, 0) is 0 Å². The molecular formula is C6H13NS. The first kappa shape index (κ1) is 7.89. The van der Waals surface area contributed by atoms with Crippen molar-refractivity contribution in [3.8, 4) is 0 Å². The standard InChI is InChI=1S/C6H13NS/c1-4-7-6(3)8-5-2/h7H,3-5H2,1-2H3. The first-order chi connectivity index (χ1) is 3.81. The maximum atomic E-state index is 3.79. The zero-order valence-corrected chi connectivity index (χ0v) is 6.35. The molecule has 1 N–H and O–H groups in total. The van der Waals surface area contributed by atoms with E-state index in [9.17, 15) is 0 Å². The van der Waals surface area contributed by atoms with Gasteiger partial charge in [-0.2, -0.15) is 0 Å². The van der Waals surface area contributed by atoms with Crippen molar-refractivity contribution in [2.75, 3.05) is 12.3 Å². The smallest absolute Gasteiger partial charge is 0.0607 e. The van der Waals surface area contributed by atoms with E-state index in [2.05, 4.69) is 25.7 Å². The fourth-order valence-electron chi connectivity index (χ4n) is 0.422. The molecule has 48 valence electrons. The van der Waals surface area contributed by atoms with Crippen LogP contribution in [-0.4, -0.2) is 12.3 Å². The van der Waals surface area contributed by atoms with Gasteiger partial charge in [0.1, 0.15) is 0 Å². The molecule has 0 spiro atoms. The Balaban J connectivity index is 3.06. The summed E-state index contributed by atoms with van der Waals surface area (Å²) in [6, 6.07) is 0. The monoisotopic (exact) mass is 131 g/mol. The van der Waals surface area contributed by atoms with Crippen molar-refractivity contribution in [3.05, 3.63) is 11.6 Å². The van der Waals surface area contributed by atoms with E-state index >= 15 is 0 Å². The van der Waals surface area contributed by atoms with Crippen LogP contribution in [0.4, 0.5) is 0 Å². The van der Waals surface area contributed by atoms with E-state index in [-0.39, 0.29) is 0 Å². The normalized spacial score (nSPS) is 8.75. The maximum Gasteiger partial charge on any atom is 0.0607 e. The fraction of sp³-hybridized carbons (Fsp3) is 0.667. The molecule has 0 bridgehead atoms. The Morgan fingerprint density at radius 3 is 2.62 bits per heavy atom. The Morgan fingerprint density at radius 1 is 1.62 bits per heavy atom. The van der Waals surface area contributed by atoms with Gasteiger partial charge < -0.3 is 5.32 Å². The van der Waals surface area contributed by atoms with Crippen molar-refractivity contribution in [2.24, 2.45) is 0 Å². The second-order valence-corrected chi connectivity index (χ2v) is 2.75. The van der Waals surface area contributed by atoms with E-state index < -0.39 is 0 Å². The number of nitrogens with one attached hydrogen (secondary N) is 1.